The van der Waals surface area contributed by atoms with Crippen LogP contribution in [0.3, 0.4) is 0 Å². The molecule has 0 aliphatic carbocycles. The molecule has 14 nitrogen and oxygen atoms in total. The first kappa shape index (κ1) is 39.7. The van der Waals surface area contributed by atoms with Crippen molar-refractivity contribution < 1.29 is 23.9 Å². The summed E-state index contributed by atoms with van der Waals surface area (Å²) in [6.45, 7) is 5.94. The maximum Gasteiger partial charge on any atom is 0.254 e. The fourth-order valence-corrected chi connectivity index (χ4v) is 9.80. The smallest absolute Gasteiger partial charge is 0.254 e. The second-order valence-electron chi connectivity index (χ2n) is 16.8. The standard InChI is InChI=1S/C45H50ClN9O5/c1-27-35(26-52(2)51-27)41-49-39-40(36(46)25-47-42(39)50-41)60-33-11-7-31(8-12-33)44(58)55-19-3-4-37(55)45(59)54-22-17-29(18-23-54)24-28-15-20-53(21-16-28)32-9-5-30(6-10-32)34-13-14-38(56)48-43(34)57/h5-12,25-26,28-29,34,37H,3-4,13-24H2,1-2H3,(H,47,49,50)(H,48,56,57)/t34-,37-/m0/s1. The van der Waals surface area contributed by atoms with E-state index in [0.29, 0.717) is 76.7 Å². The number of rotatable bonds is 9. The molecule has 4 saturated heterocycles. The summed E-state index contributed by atoms with van der Waals surface area (Å²) in [5, 5.41) is 7.19. The van der Waals surface area contributed by atoms with Crippen LogP contribution in [0.2, 0.25) is 5.02 Å². The molecule has 9 rings (SSSR count). The quantitative estimate of drug-likeness (QED) is 0.153. The van der Waals surface area contributed by atoms with Crippen molar-refractivity contribution >= 4 is 52.1 Å². The van der Waals surface area contributed by atoms with E-state index in [1.54, 1.807) is 33.8 Å². The van der Waals surface area contributed by atoms with Gasteiger partial charge in [-0.2, -0.15) is 5.10 Å². The lowest BCUT2D eigenvalue weighted by Gasteiger charge is -2.38. The number of imidazole rings is 1. The van der Waals surface area contributed by atoms with Gasteiger partial charge in [-0.1, -0.05) is 23.7 Å². The molecule has 2 aromatic carbocycles. The number of fused-ring (bicyclic) bond motifs is 1. The Morgan fingerprint density at radius 3 is 2.30 bits per heavy atom. The summed E-state index contributed by atoms with van der Waals surface area (Å²) in [7, 11) is 1.85. The molecule has 4 aliphatic rings. The van der Waals surface area contributed by atoms with E-state index in [-0.39, 0.29) is 29.5 Å². The topological polar surface area (TPSA) is 159 Å². The molecule has 4 amide bonds. The summed E-state index contributed by atoms with van der Waals surface area (Å²) in [6.07, 6.45) is 11.2. The average molecular weight is 832 g/mol. The van der Waals surface area contributed by atoms with Crippen molar-refractivity contribution in [3.63, 3.8) is 0 Å². The third-order valence-electron chi connectivity index (χ3n) is 12.9. The minimum absolute atomic E-state index is 0.0629. The van der Waals surface area contributed by atoms with Crippen molar-refractivity contribution in [2.45, 2.75) is 76.7 Å². The number of benzene rings is 2. The first-order valence-electron chi connectivity index (χ1n) is 21.2. The van der Waals surface area contributed by atoms with Gasteiger partial charge in [0.05, 0.1) is 23.4 Å². The number of piperidine rings is 3. The van der Waals surface area contributed by atoms with Crippen LogP contribution in [0.4, 0.5) is 5.69 Å². The summed E-state index contributed by atoms with van der Waals surface area (Å²) in [6, 6.07) is 14.8. The zero-order chi connectivity index (χ0) is 41.5. The number of anilines is 1. The highest BCUT2D eigenvalue weighted by atomic mass is 35.5. The number of carbonyl (C=O) groups excluding carboxylic acids is 4. The second-order valence-corrected chi connectivity index (χ2v) is 17.2. The van der Waals surface area contributed by atoms with E-state index in [9.17, 15) is 19.2 Å². The molecule has 0 spiro atoms. The van der Waals surface area contributed by atoms with E-state index in [1.165, 1.54) is 18.3 Å². The lowest BCUT2D eigenvalue weighted by atomic mass is 9.82. The van der Waals surface area contributed by atoms with E-state index in [1.807, 2.05) is 37.2 Å². The van der Waals surface area contributed by atoms with Gasteiger partial charge in [0.2, 0.25) is 17.7 Å². The predicted molar refractivity (Wildman–Crippen MR) is 227 cm³/mol. The van der Waals surface area contributed by atoms with Gasteiger partial charge in [-0.05, 0) is 112 Å². The molecule has 3 aromatic heterocycles. The number of halogens is 1. The number of likely N-dealkylation sites (tertiary alicyclic amines) is 2. The number of amides is 4. The number of ether oxygens (including phenoxy) is 1. The predicted octanol–water partition coefficient (Wildman–Crippen LogP) is 6.78. The third-order valence-corrected chi connectivity index (χ3v) is 13.2. The van der Waals surface area contributed by atoms with E-state index in [4.69, 9.17) is 16.3 Å². The molecule has 2 N–H and O–H groups in total. The zero-order valence-electron chi connectivity index (χ0n) is 34.0. The van der Waals surface area contributed by atoms with Crippen molar-refractivity contribution in [3.05, 3.63) is 82.8 Å². The SMILES string of the molecule is Cc1nn(C)cc1-c1nc2ncc(Cl)c(Oc3ccc(C(=O)N4CCC[C@H]4C(=O)N4CCC(CC5CCN(c6ccc([C@@H]7CCC(=O)NC7=O)cc6)CC5)CC4)cc3)c2[nH]1. The molecule has 0 bridgehead atoms. The number of carbonyl (C=O) groups is 4. The van der Waals surface area contributed by atoms with Crippen LogP contribution < -0.4 is 15.0 Å². The largest absolute Gasteiger partial charge is 0.453 e. The number of H-pyrrole nitrogens is 1. The molecule has 2 atom stereocenters. The van der Waals surface area contributed by atoms with Crippen LogP contribution in [0, 0.1) is 18.8 Å². The Balaban J connectivity index is 0.753. The van der Waals surface area contributed by atoms with Crippen LogP contribution in [-0.4, -0.2) is 96.9 Å². The third kappa shape index (κ3) is 8.09. The second kappa shape index (κ2) is 16.7. The monoisotopic (exact) mass is 831 g/mol. The number of aromatic amines is 1. The van der Waals surface area contributed by atoms with Gasteiger partial charge in [0.1, 0.15) is 28.2 Å². The molecule has 4 aliphatic heterocycles. The van der Waals surface area contributed by atoms with E-state index in [0.717, 1.165) is 75.1 Å². The van der Waals surface area contributed by atoms with Crippen LogP contribution >= 0.6 is 11.6 Å². The Morgan fingerprint density at radius 1 is 0.900 bits per heavy atom. The first-order chi connectivity index (χ1) is 29.1. The Labute approximate surface area is 353 Å². The highest BCUT2D eigenvalue weighted by Crippen LogP contribution is 2.37. The molecular formula is C45H50ClN9O5. The van der Waals surface area contributed by atoms with Gasteiger partial charge in [-0.25, -0.2) is 9.97 Å². The van der Waals surface area contributed by atoms with Crippen LogP contribution in [0.1, 0.15) is 85.3 Å². The maximum atomic E-state index is 13.9. The number of nitrogens with one attached hydrogen (secondary N) is 2. The van der Waals surface area contributed by atoms with Crippen molar-refractivity contribution in [3.8, 4) is 22.9 Å². The number of pyridine rings is 1. The normalized spacial score (nSPS) is 20.6. The average Bonchev–Trinajstić information content (AvgIpc) is 4.01. The molecule has 0 saturated carbocycles. The van der Waals surface area contributed by atoms with Crippen LogP contribution in [-0.2, 0) is 21.4 Å². The van der Waals surface area contributed by atoms with Crippen LogP contribution in [0.15, 0.2) is 60.9 Å². The van der Waals surface area contributed by atoms with Gasteiger partial charge < -0.3 is 24.4 Å². The summed E-state index contributed by atoms with van der Waals surface area (Å²) in [5.41, 5.74) is 5.33. The summed E-state index contributed by atoms with van der Waals surface area (Å²) >= 11 is 6.56. The van der Waals surface area contributed by atoms with Gasteiger partial charge in [0.25, 0.3) is 5.91 Å². The summed E-state index contributed by atoms with van der Waals surface area (Å²) in [4.78, 5) is 70.1. The number of imide groups is 1. The Morgan fingerprint density at radius 2 is 1.62 bits per heavy atom. The van der Waals surface area contributed by atoms with E-state index in [2.05, 4.69) is 42.4 Å². The number of nitrogens with zero attached hydrogens (tertiary/aromatic N) is 7. The van der Waals surface area contributed by atoms with Gasteiger partial charge in [-0.15, -0.1) is 0 Å². The van der Waals surface area contributed by atoms with E-state index < -0.39 is 6.04 Å². The van der Waals surface area contributed by atoms with Crippen molar-refractivity contribution in [1.82, 2.24) is 39.8 Å². The van der Waals surface area contributed by atoms with Gasteiger partial charge in [0, 0.05) is 63.6 Å². The van der Waals surface area contributed by atoms with Gasteiger partial charge in [0.15, 0.2) is 11.4 Å². The molecule has 312 valence electrons. The zero-order valence-corrected chi connectivity index (χ0v) is 34.8. The number of aromatic nitrogens is 5. The van der Waals surface area contributed by atoms with Crippen molar-refractivity contribution in [2.24, 2.45) is 18.9 Å². The van der Waals surface area contributed by atoms with Crippen molar-refractivity contribution in [2.75, 3.05) is 37.6 Å². The molecule has 15 heteroatoms. The Bertz CT molecular complexity index is 2410. The molecule has 0 unspecified atom stereocenters. The molecule has 5 aromatic rings. The fourth-order valence-electron chi connectivity index (χ4n) is 9.61. The molecule has 60 heavy (non-hydrogen) atoms. The summed E-state index contributed by atoms with van der Waals surface area (Å²) in [5.74, 6) is 2.01. The summed E-state index contributed by atoms with van der Waals surface area (Å²) < 4.78 is 7.97. The molecule has 7 heterocycles. The van der Waals surface area contributed by atoms with E-state index >= 15 is 0 Å². The first-order valence-corrected chi connectivity index (χ1v) is 21.6. The minimum atomic E-state index is -0.450. The van der Waals surface area contributed by atoms with Crippen LogP contribution in [0.5, 0.6) is 11.5 Å². The fraction of sp³-hybridized carbons (Fsp3) is 0.444. The Hall–Kier alpha value is -5.76. The molecule has 4 fully saturated rings. The van der Waals surface area contributed by atoms with Crippen molar-refractivity contribution in [1.29, 1.82) is 0 Å². The minimum Gasteiger partial charge on any atom is -0.453 e. The highest BCUT2D eigenvalue weighted by Gasteiger charge is 2.38. The molecule has 0 radical (unpaired) electrons. The number of aryl methyl sites for hydroxylation is 2. The van der Waals surface area contributed by atoms with Crippen LogP contribution in [0.25, 0.3) is 22.6 Å². The lowest BCUT2D eigenvalue weighted by molar-refractivity contribution is -0.137. The highest BCUT2D eigenvalue weighted by molar-refractivity contribution is 6.32. The molecular weight excluding hydrogens is 782 g/mol. The number of hydrogen-bond donors (Lipinski definition) is 2. The van der Waals surface area contributed by atoms with Gasteiger partial charge in [-0.3, -0.25) is 29.2 Å². The maximum absolute atomic E-state index is 13.9. The van der Waals surface area contributed by atoms with Gasteiger partial charge >= 0.3 is 0 Å². The Kier molecular flexibility index (Phi) is 11.1. The lowest BCUT2D eigenvalue weighted by Crippen LogP contribution is -2.50. The number of hydrogen-bond acceptors (Lipinski definition) is 9.